The van der Waals surface area contributed by atoms with E-state index in [-0.39, 0.29) is 24.7 Å². The van der Waals surface area contributed by atoms with E-state index in [4.69, 9.17) is 0 Å². The number of rotatable bonds is 5. The van der Waals surface area contributed by atoms with E-state index in [2.05, 4.69) is 10.6 Å². The van der Waals surface area contributed by atoms with Gasteiger partial charge in [0.15, 0.2) is 5.67 Å². The Morgan fingerprint density at radius 1 is 1.29 bits per heavy atom. The average molecular weight is 341 g/mol. The van der Waals surface area contributed by atoms with Gasteiger partial charge in [0, 0.05) is 13.1 Å². The van der Waals surface area contributed by atoms with Gasteiger partial charge in [-0.15, -0.1) is 0 Å². The summed E-state index contributed by atoms with van der Waals surface area (Å²) < 4.78 is 14.0. The molecule has 136 valence electrons. The van der Waals surface area contributed by atoms with Crippen molar-refractivity contribution in [1.82, 2.24) is 15.5 Å². The number of carbonyl (C=O) groups is 3. The first-order valence-corrected chi connectivity index (χ1v) is 8.68. The second-order valence-corrected chi connectivity index (χ2v) is 7.82. The molecule has 1 heterocycles. The number of hydrogen-bond donors (Lipinski definition) is 2. The molecule has 0 bridgehead atoms. The summed E-state index contributed by atoms with van der Waals surface area (Å²) in [6.45, 7) is 8.28. The molecular weight excluding hydrogens is 313 g/mol. The van der Waals surface area contributed by atoms with Crippen LogP contribution in [-0.2, 0) is 14.4 Å². The molecular formula is C17H28FN3O3. The molecule has 0 spiro atoms. The van der Waals surface area contributed by atoms with E-state index in [0.29, 0.717) is 19.5 Å². The van der Waals surface area contributed by atoms with E-state index in [1.807, 2.05) is 27.7 Å². The van der Waals surface area contributed by atoms with Crippen molar-refractivity contribution >= 4 is 17.7 Å². The topological polar surface area (TPSA) is 78.5 Å². The van der Waals surface area contributed by atoms with Gasteiger partial charge in [-0.2, -0.15) is 0 Å². The average Bonchev–Trinajstić information content (AvgIpc) is 3.05. The zero-order valence-electron chi connectivity index (χ0n) is 14.9. The maximum Gasteiger partial charge on any atom is 0.258 e. The first-order chi connectivity index (χ1) is 11.1. The molecule has 1 aliphatic carbocycles. The summed E-state index contributed by atoms with van der Waals surface area (Å²) in [6.07, 6.45) is 1.76. The third kappa shape index (κ3) is 3.87. The van der Waals surface area contributed by atoms with Gasteiger partial charge in [0.1, 0.15) is 12.1 Å². The second kappa shape index (κ2) is 6.69. The summed E-state index contributed by atoms with van der Waals surface area (Å²) in [4.78, 5) is 38.8. The molecule has 0 aromatic rings. The smallest absolute Gasteiger partial charge is 0.258 e. The lowest BCUT2D eigenvalue weighted by Gasteiger charge is -2.35. The summed E-state index contributed by atoms with van der Waals surface area (Å²) in [5.41, 5.74) is -2.40. The molecule has 2 atom stereocenters. The van der Waals surface area contributed by atoms with Gasteiger partial charge in [-0.05, 0) is 38.0 Å². The lowest BCUT2D eigenvalue weighted by atomic mass is 9.85. The zero-order chi connectivity index (χ0) is 18.1. The Balaban J connectivity index is 2.15. The van der Waals surface area contributed by atoms with Crippen molar-refractivity contribution in [1.29, 1.82) is 0 Å². The fraction of sp³-hybridized carbons (Fsp3) is 0.824. The second-order valence-electron chi connectivity index (χ2n) is 7.82. The van der Waals surface area contributed by atoms with Crippen LogP contribution in [0.2, 0.25) is 0 Å². The quantitative estimate of drug-likeness (QED) is 0.787. The summed E-state index contributed by atoms with van der Waals surface area (Å²) >= 11 is 0. The van der Waals surface area contributed by atoms with Gasteiger partial charge in [0.2, 0.25) is 11.8 Å². The molecule has 3 amide bonds. The van der Waals surface area contributed by atoms with Crippen molar-refractivity contribution in [2.45, 2.75) is 71.1 Å². The molecule has 1 aliphatic heterocycles. The van der Waals surface area contributed by atoms with Crippen molar-refractivity contribution in [3.63, 3.8) is 0 Å². The maximum absolute atomic E-state index is 14.0. The highest BCUT2D eigenvalue weighted by atomic mass is 19.1. The Labute approximate surface area is 142 Å². The number of carbonyl (C=O) groups excluding carboxylic acids is 3. The lowest BCUT2D eigenvalue weighted by Crippen LogP contribution is -2.58. The molecule has 6 nitrogen and oxygen atoms in total. The van der Waals surface area contributed by atoms with E-state index in [1.54, 1.807) is 0 Å². The first kappa shape index (κ1) is 18.7. The Morgan fingerprint density at radius 2 is 1.92 bits per heavy atom. The lowest BCUT2D eigenvalue weighted by molar-refractivity contribution is -0.144. The number of likely N-dealkylation sites (tertiary alicyclic amines) is 1. The fourth-order valence-electron chi connectivity index (χ4n) is 3.01. The normalized spacial score (nSPS) is 23.5. The fourth-order valence-corrected chi connectivity index (χ4v) is 3.01. The van der Waals surface area contributed by atoms with Crippen LogP contribution in [0.15, 0.2) is 0 Å². The van der Waals surface area contributed by atoms with Crippen LogP contribution in [0.25, 0.3) is 0 Å². The van der Waals surface area contributed by atoms with Gasteiger partial charge in [-0.25, -0.2) is 4.39 Å². The number of likely N-dealkylation sites (N-methyl/N-ethyl adjacent to an activating group) is 1. The first-order valence-electron chi connectivity index (χ1n) is 8.68. The molecule has 0 radical (unpaired) electrons. The highest BCUT2D eigenvalue weighted by Crippen LogP contribution is 2.40. The van der Waals surface area contributed by atoms with E-state index < -0.39 is 29.1 Å². The van der Waals surface area contributed by atoms with Crippen molar-refractivity contribution in [3.05, 3.63) is 0 Å². The van der Waals surface area contributed by atoms with Crippen molar-refractivity contribution < 1.29 is 18.8 Å². The van der Waals surface area contributed by atoms with Gasteiger partial charge < -0.3 is 15.5 Å². The summed E-state index contributed by atoms with van der Waals surface area (Å²) in [5.74, 6) is -1.20. The van der Waals surface area contributed by atoms with Crippen LogP contribution in [0.1, 0.15) is 53.4 Å². The van der Waals surface area contributed by atoms with Crippen LogP contribution in [-0.4, -0.2) is 53.5 Å². The Bertz CT molecular complexity index is 526. The monoisotopic (exact) mass is 341 g/mol. The molecule has 2 rings (SSSR count). The molecule has 24 heavy (non-hydrogen) atoms. The van der Waals surface area contributed by atoms with Crippen molar-refractivity contribution in [2.24, 2.45) is 5.41 Å². The highest BCUT2D eigenvalue weighted by molar-refractivity contribution is 5.95. The van der Waals surface area contributed by atoms with Crippen LogP contribution in [0.5, 0.6) is 0 Å². The zero-order valence-corrected chi connectivity index (χ0v) is 14.9. The minimum Gasteiger partial charge on any atom is -0.355 e. The molecule has 2 aliphatic rings. The number of hydrogen-bond acceptors (Lipinski definition) is 3. The van der Waals surface area contributed by atoms with Crippen LogP contribution in [0.4, 0.5) is 4.39 Å². The minimum atomic E-state index is -1.83. The van der Waals surface area contributed by atoms with Gasteiger partial charge in [0.25, 0.3) is 5.91 Å². The molecule has 0 aromatic heterocycles. The molecule has 2 N–H and O–H groups in total. The number of halogens is 1. The molecule has 1 saturated carbocycles. The molecule has 1 saturated heterocycles. The predicted octanol–water partition coefficient (Wildman–Crippen LogP) is 1.15. The third-order valence-electron chi connectivity index (χ3n) is 4.67. The van der Waals surface area contributed by atoms with E-state index in [9.17, 15) is 18.8 Å². The van der Waals surface area contributed by atoms with Gasteiger partial charge in [-0.3, -0.25) is 14.4 Å². The van der Waals surface area contributed by atoms with Crippen LogP contribution < -0.4 is 10.6 Å². The van der Waals surface area contributed by atoms with Crippen LogP contribution in [0.3, 0.4) is 0 Å². The Morgan fingerprint density at radius 3 is 2.42 bits per heavy atom. The number of amides is 3. The standard InChI is InChI=1S/C17H28FN3O3/c1-5-19-13(22)11-7-6-10-21(11)14(23)12(16(2,3)4)20-15(24)17(18)8-9-17/h11-12H,5-10H2,1-4H3,(H,19,22)(H,20,24)/t11-,12+/m0/s1. The van der Waals surface area contributed by atoms with Gasteiger partial charge >= 0.3 is 0 Å². The van der Waals surface area contributed by atoms with Gasteiger partial charge in [-0.1, -0.05) is 20.8 Å². The SMILES string of the molecule is CCNC(=O)[C@@H]1CCCN1C(=O)[C@@H](NC(=O)C1(F)CC1)C(C)(C)C. The predicted molar refractivity (Wildman–Crippen MR) is 87.9 cm³/mol. The third-order valence-corrected chi connectivity index (χ3v) is 4.67. The van der Waals surface area contributed by atoms with E-state index >= 15 is 0 Å². The summed E-state index contributed by atoms with van der Waals surface area (Å²) in [5, 5.41) is 5.34. The molecule has 0 unspecified atom stereocenters. The highest BCUT2D eigenvalue weighted by Gasteiger charge is 2.53. The van der Waals surface area contributed by atoms with E-state index in [1.165, 1.54) is 4.90 Å². The Kier molecular flexibility index (Phi) is 5.20. The van der Waals surface area contributed by atoms with Crippen molar-refractivity contribution in [2.75, 3.05) is 13.1 Å². The molecule has 0 aromatic carbocycles. The van der Waals surface area contributed by atoms with E-state index in [0.717, 1.165) is 6.42 Å². The number of nitrogens with one attached hydrogen (secondary N) is 2. The molecule has 2 fully saturated rings. The molecule has 7 heteroatoms. The Hall–Kier alpha value is -1.66. The number of nitrogens with zero attached hydrogens (tertiary/aromatic N) is 1. The largest absolute Gasteiger partial charge is 0.355 e. The van der Waals surface area contributed by atoms with Gasteiger partial charge in [0.05, 0.1) is 0 Å². The summed E-state index contributed by atoms with van der Waals surface area (Å²) in [6, 6.07) is -1.37. The van der Waals surface area contributed by atoms with Crippen LogP contribution in [0, 0.1) is 5.41 Å². The van der Waals surface area contributed by atoms with Crippen molar-refractivity contribution in [3.8, 4) is 0 Å². The minimum absolute atomic E-state index is 0.175. The maximum atomic E-state index is 14.0. The summed E-state index contributed by atoms with van der Waals surface area (Å²) in [7, 11) is 0. The van der Waals surface area contributed by atoms with Crippen LogP contribution >= 0.6 is 0 Å². The number of alkyl halides is 1.